The highest BCUT2D eigenvalue weighted by atomic mass is 35.5. The molecule has 0 aromatic heterocycles. The Morgan fingerprint density at radius 1 is 1.16 bits per heavy atom. The summed E-state index contributed by atoms with van der Waals surface area (Å²) in [7, 11) is 0. The molecule has 1 saturated heterocycles. The summed E-state index contributed by atoms with van der Waals surface area (Å²) in [4.78, 5) is 38.5. The van der Waals surface area contributed by atoms with Crippen LogP contribution in [0.3, 0.4) is 0 Å². The van der Waals surface area contributed by atoms with Gasteiger partial charge in [0.05, 0.1) is 4.91 Å². The number of amides is 3. The van der Waals surface area contributed by atoms with E-state index in [1.807, 2.05) is 18.2 Å². The first-order valence-electron chi connectivity index (χ1n) is 9.23. The molecule has 0 saturated carbocycles. The molecule has 1 aliphatic heterocycles. The summed E-state index contributed by atoms with van der Waals surface area (Å²) in [5.41, 5.74) is 5.53. The third kappa shape index (κ3) is 6.06. The SMILES string of the molecule is O=C(CCCN1C(=O)/C(=C/c2ccccc2Cl)SC1=S)NNC(=O)c1cccc(O)c1. The van der Waals surface area contributed by atoms with Crippen LogP contribution >= 0.6 is 35.6 Å². The van der Waals surface area contributed by atoms with Crippen LogP contribution in [0.25, 0.3) is 6.08 Å². The zero-order valence-corrected chi connectivity index (χ0v) is 18.5. The molecule has 0 radical (unpaired) electrons. The molecule has 2 aromatic rings. The lowest BCUT2D eigenvalue weighted by Gasteiger charge is -2.14. The number of nitrogens with zero attached hydrogens (tertiary/aromatic N) is 1. The first-order chi connectivity index (χ1) is 14.8. The highest BCUT2D eigenvalue weighted by molar-refractivity contribution is 8.26. The molecule has 10 heteroatoms. The van der Waals surface area contributed by atoms with Crippen LogP contribution in [-0.4, -0.2) is 38.6 Å². The predicted molar refractivity (Wildman–Crippen MR) is 124 cm³/mol. The number of carbonyl (C=O) groups is 3. The molecule has 0 unspecified atom stereocenters. The number of rotatable bonds is 6. The number of phenolic OH excluding ortho intramolecular Hbond substituents is 1. The van der Waals surface area contributed by atoms with E-state index in [1.165, 1.54) is 40.9 Å². The van der Waals surface area contributed by atoms with E-state index in [2.05, 4.69) is 10.9 Å². The van der Waals surface area contributed by atoms with Crippen molar-refractivity contribution in [3.63, 3.8) is 0 Å². The summed E-state index contributed by atoms with van der Waals surface area (Å²) in [6.45, 7) is 0.276. The Morgan fingerprint density at radius 3 is 2.68 bits per heavy atom. The highest BCUT2D eigenvalue weighted by Gasteiger charge is 2.31. The summed E-state index contributed by atoms with van der Waals surface area (Å²) in [5, 5.41) is 9.93. The van der Waals surface area contributed by atoms with Gasteiger partial charge in [-0.1, -0.05) is 59.8 Å². The average molecular weight is 476 g/mol. The van der Waals surface area contributed by atoms with Gasteiger partial charge in [-0.05, 0) is 42.3 Å². The van der Waals surface area contributed by atoms with E-state index in [0.717, 1.165) is 5.56 Å². The van der Waals surface area contributed by atoms with Crippen LogP contribution in [0.1, 0.15) is 28.8 Å². The van der Waals surface area contributed by atoms with E-state index >= 15 is 0 Å². The molecule has 160 valence electrons. The standard InChI is InChI=1S/C21H18ClN3O4S2/c22-16-8-2-1-5-13(16)12-17-20(29)25(21(30)31-17)10-4-9-18(27)23-24-19(28)14-6-3-7-15(26)11-14/h1-3,5-8,11-12,26H,4,9-10H2,(H,23,27)(H,24,28)/b17-12-. The quantitative estimate of drug-likeness (QED) is 0.336. The number of carbonyl (C=O) groups excluding carboxylic acids is 3. The summed E-state index contributed by atoms with van der Waals surface area (Å²) in [5.74, 6) is -1.24. The van der Waals surface area contributed by atoms with Gasteiger partial charge >= 0.3 is 0 Å². The van der Waals surface area contributed by atoms with Crippen molar-refractivity contribution in [2.75, 3.05) is 6.54 Å². The largest absolute Gasteiger partial charge is 0.508 e. The monoisotopic (exact) mass is 475 g/mol. The van der Waals surface area contributed by atoms with Crippen molar-refractivity contribution in [3.05, 3.63) is 69.6 Å². The van der Waals surface area contributed by atoms with E-state index in [1.54, 1.807) is 12.1 Å². The minimum atomic E-state index is -0.550. The lowest BCUT2D eigenvalue weighted by atomic mass is 10.2. The molecule has 1 aliphatic rings. The van der Waals surface area contributed by atoms with Crippen molar-refractivity contribution in [2.24, 2.45) is 0 Å². The van der Waals surface area contributed by atoms with Crippen LogP contribution in [0.5, 0.6) is 5.75 Å². The number of thioether (sulfide) groups is 1. The molecule has 31 heavy (non-hydrogen) atoms. The van der Waals surface area contributed by atoms with Crippen LogP contribution in [0.2, 0.25) is 5.02 Å². The molecule has 3 N–H and O–H groups in total. The second-order valence-corrected chi connectivity index (χ2v) is 8.59. The van der Waals surface area contributed by atoms with Crippen molar-refractivity contribution < 1.29 is 19.5 Å². The zero-order valence-electron chi connectivity index (χ0n) is 16.1. The fourth-order valence-electron chi connectivity index (χ4n) is 2.73. The first kappa shape index (κ1) is 22.8. The minimum Gasteiger partial charge on any atom is -0.508 e. The molecule has 3 rings (SSSR count). The number of thiocarbonyl (C=S) groups is 1. The number of phenols is 1. The first-order valence-corrected chi connectivity index (χ1v) is 10.8. The fourth-order valence-corrected chi connectivity index (χ4v) is 4.22. The van der Waals surface area contributed by atoms with Gasteiger partial charge < -0.3 is 5.11 Å². The molecule has 0 spiro atoms. The van der Waals surface area contributed by atoms with Crippen LogP contribution in [-0.2, 0) is 9.59 Å². The number of benzene rings is 2. The van der Waals surface area contributed by atoms with E-state index in [9.17, 15) is 19.5 Å². The summed E-state index contributed by atoms with van der Waals surface area (Å²) < 4.78 is 0.417. The molecular weight excluding hydrogens is 458 g/mol. The van der Waals surface area contributed by atoms with E-state index < -0.39 is 11.8 Å². The Hall–Kier alpha value is -2.88. The maximum atomic E-state index is 12.6. The van der Waals surface area contributed by atoms with Crippen molar-refractivity contribution in [3.8, 4) is 5.75 Å². The number of halogens is 1. The summed E-state index contributed by atoms with van der Waals surface area (Å²) in [6, 6.07) is 12.9. The van der Waals surface area contributed by atoms with E-state index in [-0.39, 0.29) is 30.2 Å². The second-order valence-electron chi connectivity index (χ2n) is 6.51. The molecule has 3 amide bonds. The Labute approximate surface area is 193 Å². The summed E-state index contributed by atoms with van der Waals surface area (Å²) in [6.07, 6.45) is 2.14. The summed E-state index contributed by atoms with van der Waals surface area (Å²) >= 11 is 12.6. The molecule has 1 fully saturated rings. The minimum absolute atomic E-state index is 0.0500. The van der Waals surface area contributed by atoms with Crippen molar-refractivity contribution in [1.29, 1.82) is 0 Å². The molecule has 0 bridgehead atoms. The zero-order chi connectivity index (χ0) is 22.4. The lowest BCUT2D eigenvalue weighted by Crippen LogP contribution is -2.41. The molecule has 0 atom stereocenters. The van der Waals surface area contributed by atoms with Gasteiger partial charge in [-0.25, -0.2) is 0 Å². The number of aromatic hydroxyl groups is 1. The van der Waals surface area contributed by atoms with Crippen molar-refractivity contribution >= 4 is 63.7 Å². The van der Waals surface area contributed by atoms with Gasteiger partial charge in [-0.15, -0.1) is 0 Å². The van der Waals surface area contributed by atoms with Crippen molar-refractivity contribution in [2.45, 2.75) is 12.8 Å². The Balaban J connectivity index is 1.47. The molecule has 2 aromatic carbocycles. The van der Waals surface area contributed by atoms with Gasteiger partial charge in [-0.3, -0.25) is 30.1 Å². The van der Waals surface area contributed by atoms with Gasteiger partial charge in [-0.2, -0.15) is 0 Å². The maximum Gasteiger partial charge on any atom is 0.269 e. The molecule has 1 heterocycles. The van der Waals surface area contributed by atoms with Crippen LogP contribution < -0.4 is 10.9 Å². The predicted octanol–water partition coefficient (Wildman–Crippen LogP) is 3.49. The maximum absolute atomic E-state index is 12.6. The van der Waals surface area contributed by atoms with Crippen molar-refractivity contribution in [1.82, 2.24) is 15.8 Å². The number of hydrogen-bond donors (Lipinski definition) is 3. The molecular formula is C21H18ClN3O4S2. The normalized spacial score (nSPS) is 14.7. The second kappa shape index (κ2) is 10.4. The van der Waals surface area contributed by atoms with Crippen LogP contribution in [0.15, 0.2) is 53.4 Å². The van der Waals surface area contributed by atoms with E-state index in [4.69, 9.17) is 23.8 Å². The molecule has 0 aliphatic carbocycles. The number of hydrogen-bond acceptors (Lipinski definition) is 6. The smallest absolute Gasteiger partial charge is 0.269 e. The van der Waals surface area contributed by atoms with Gasteiger partial charge in [0.1, 0.15) is 10.1 Å². The third-order valence-corrected chi connectivity index (χ3v) is 6.00. The fraction of sp³-hybridized carbons (Fsp3) is 0.143. The third-order valence-electron chi connectivity index (χ3n) is 4.27. The van der Waals surface area contributed by atoms with Gasteiger partial charge in [0.2, 0.25) is 5.91 Å². The lowest BCUT2D eigenvalue weighted by molar-refractivity contribution is -0.124. The van der Waals surface area contributed by atoms with Gasteiger partial charge in [0, 0.05) is 23.6 Å². The highest BCUT2D eigenvalue weighted by Crippen LogP contribution is 2.33. The topological polar surface area (TPSA) is 98.7 Å². The number of nitrogens with one attached hydrogen (secondary N) is 2. The molecule has 7 nitrogen and oxygen atoms in total. The van der Waals surface area contributed by atoms with Crippen LogP contribution in [0.4, 0.5) is 0 Å². The Bertz CT molecular complexity index is 1070. The average Bonchev–Trinajstić information content (AvgIpc) is 3.01. The van der Waals surface area contributed by atoms with Crippen LogP contribution in [0, 0.1) is 0 Å². The Kier molecular flexibility index (Phi) is 7.67. The van der Waals surface area contributed by atoms with Gasteiger partial charge in [0.15, 0.2) is 0 Å². The van der Waals surface area contributed by atoms with E-state index in [0.29, 0.717) is 20.7 Å². The van der Waals surface area contributed by atoms with Gasteiger partial charge in [0.25, 0.3) is 11.8 Å². The number of hydrazine groups is 1. The Morgan fingerprint density at radius 2 is 1.94 bits per heavy atom.